The van der Waals surface area contributed by atoms with Crippen molar-refractivity contribution in [3.63, 3.8) is 0 Å². The van der Waals surface area contributed by atoms with Crippen LogP contribution in [0.15, 0.2) is 41.6 Å². The van der Waals surface area contributed by atoms with Gasteiger partial charge in [-0.25, -0.2) is 13.1 Å². The van der Waals surface area contributed by atoms with Gasteiger partial charge in [-0.05, 0) is 36.8 Å². The van der Waals surface area contributed by atoms with Gasteiger partial charge < -0.3 is 9.47 Å². The highest BCUT2D eigenvalue weighted by atomic mass is 32.2. The van der Waals surface area contributed by atoms with E-state index in [1.807, 2.05) is 0 Å². The van der Waals surface area contributed by atoms with Crippen LogP contribution in [0, 0.1) is 6.92 Å². The second-order valence-corrected chi connectivity index (χ2v) is 6.34. The first-order valence-corrected chi connectivity index (χ1v) is 8.08. The molecule has 118 valence electrons. The predicted molar refractivity (Wildman–Crippen MR) is 82.5 cm³/mol. The van der Waals surface area contributed by atoms with Crippen molar-refractivity contribution < 1.29 is 17.9 Å². The van der Waals surface area contributed by atoms with Gasteiger partial charge in [0.05, 0.1) is 14.2 Å². The second-order valence-electron chi connectivity index (χ2n) is 4.60. The molecular weight excluding hydrogens is 304 g/mol. The van der Waals surface area contributed by atoms with Gasteiger partial charge >= 0.3 is 0 Å². The van der Waals surface area contributed by atoms with Gasteiger partial charge in [0.15, 0.2) is 0 Å². The maximum Gasteiger partial charge on any atom is 0.244 e. The van der Waals surface area contributed by atoms with Crippen molar-refractivity contribution in [2.45, 2.75) is 18.4 Å². The number of pyridine rings is 1. The van der Waals surface area contributed by atoms with Crippen molar-refractivity contribution in [1.82, 2.24) is 9.71 Å². The molecule has 0 fully saturated rings. The molecule has 1 N–H and O–H groups in total. The molecule has 1 aromatic heterocycles. The van der Waals surface area contributed by atoms with Crippen LogP contribution in [0.2, 0.25) is 0 Å². The molecule has 0 spiro atoms. The van der Waals surface area contributed by atoms with E-state index in [-0.39, 0.29) is 17.2 Å². The lowest BCUT2D eigenvalue weighted by Crippen LogP contribution is -2.24. The Hall–Kier alpha value is -2.12. The van der Waals surface area contributed by atoms with E-state index >= 15 is 0 Å². The molecule has 22 heavy (non-hydrogen) atoms. The molecule has 0 aliphatic carbocycles. The topological polar surface area (TPSA) is 77.5 Å². The Morgan fingerprint density at radius 1 is 1.09 bits per heavy atom. The van der Waals surface area contributed by atoms with Crippen LogP contribution < -0.4 is 14.2 Å². The molecule has 0 saturated carbocycles. The number of benzene rings is 1. The Morgan fingerprint density at radius 2 is 1.77 bits per heavy atom. The lowest BCUT2D eigenvalue weighted by molar-refractivity contribution is 0.380. The molecule has 0 atom stereocenters. The highest BCUT2D eigenvalue weighted by molar-refractivity contribution is 7.89. The van der Waals surface area contributed by atoms with Gasteiger partial charge in [0.25, 0.3) is 0 Å². The SMILES string of the molecule is COc1ccc(S(=O)(=O)NCc2ccncc2)c(OC)c1C. The largest absolute Gasteiger partial charge is 0.496 e. The first kappa shape index (κ1) is 16.3. The van der Waals surface area contributed by atoms with Gasteiger partial charge in [0.1, 0.15) is 16.4 Å². The summed E-state index contributed by atoms with van der Waals surface area (Å²) in [6, 6.07) is 6.58. The number of nitrogens with zero attached hydrogens (tertiary/aromatic N) is 1. The van der Waals surface area contributed by atoms with Crippen molar-refractivity contribution in [1.29, 1.82) is 0 Å². The smallest absolute Gasteiger partial charge is 0.244 e. The number of rotatable bonds is 6. The van der Waals surface area contributed by atoms with Crippen LogP contribution in [-0.2, 0) is 16.6 Å². The zero-order valence-corrected chi connectivity index (χ0v) is 13.5. The summed E-state index contributed by atoms with van der Waals surface area (Å²) in [6.07, 6.45) is 3.23. The van der Waals surface area contributed by atoms with Crippen LogP contribution >= 0.6 is 0 Å². The van der Waals surface area contributed by atoms with Gasteiger partial charge in [-0.3, -0.25) is 4.98 Å². The van der Waals surface area contributed by atoms with Crippen molar-refractivity contribution in [2.24, 2.45) is 0 Å². The van der Waals surface area contributed by atoms with E-state index in [0.717, 1.165) is 5.56 Å². The highest BCUT2D eigenvalue weighted by Gasteiger charge is 2.22. The van der Waals surface area contributed by atoms with Crippen molar-refractivity contribution >= 4 is 10.0 Å². The monoisotopic (exact) mass is 322 g/mol. The van der Waals surface area contributed by atoms with Gasteiger partial charge in [0.2, 0.25) is 10.0 Å². The van der Waals surface area contributed by atoms with Crippen molar-refractivity contribution in [2.75, 3.05) is 14.2 Å². The summed E-state index contributed by atoms with van der Waals surface area (Å²) in [4.78, 5) is 3.98. The number of aromatic nitrogens is 1. The van der Waals surface area contributed by atoms with E-state index in [1.54, 1.807) is 37.5 Å². The van der Waals surface area contributed by atoms with Gasteiger partial charge in [0, 0.05) is 24.5 Å². The molecule has 0 aliphatic heterocycles. The first-order chi connectivity index (χ1) is 10.5. The molecule has 7 heteroatoms. The molecule has 0 aliphatic rings. The summed E-state index contributed by atoms with van der Waals surface area (Å²) in [7, 11) is -0.740. The summed E-state index contributed by atoms with van der Waals surface area (Å²) < 4.78 is 38.0. The fourth-order valence-electron chi connectivity index (χ4n) is 2.09. The minimum Gasteiger partial charge on any atom is -0.496 e. The minimum absolute atomic E-state index is 0.0855. The summed E-state index contributed by atoms with van der Waals surface area (Å²) in [5.74, 6) is 0.853. The zero-order valence-electron chi connectivity index (χ0n) is 12.7. The number of sulfonamides is 1. The van der Waals surface area contributed by atoms with Crippen LogP contribution in [0.3, 0.4) is 0 Å². The first-order valence-electron chi connectivity index (χ1n) is 6.59. The summed E-state index contributed by atoms with van der Waals surface area (Å²) >= 11 is 0. The van der Waals surface area contributed by atoms with Crippen LogP contribution in [0.4, 0.5) is 0 Å². The Balaban J connectivity index is 2.31. The average molecular weight is 322 g/mol. The van der Waals surface area contributed by atoms with E-state index < -0.39 is 10.0 Å². The zero-order chi connectivity index (χ0) is 16.2. The summed E-state index contributed by atoms with van der Waals surface area (Å²) in [5.41, 5.74) is 1.46. The molecule has 0 saturated heterocycles. The van der Waals surface area contributed by atoms with Crippen LogP contribution in [0.1, 0.15) is 11.1 Å². The van der Waals surface area contributed by atoms with Gasteiger partial charge in [-0.2, -0.15) is 0 Å². The fourth-order valence-corrected chi connectivity index (χ4v) is 3.33. The number of methoxy groups -OCH3 is 2. The Bertz CT molecular complexity index is 746. The molecular formula is C15H18N2O4S. The predicted octanol–water partition coefficient (Wildman–Crippen LogP) is 1.89. The molecule has 0 bridgehead atoms. The molecule has 0 radical (unpaired) electrons. The third-order valence-corrected chi connectivity index (χ3v) is 4.67. The lowest BCUT2D eigenvalue weighted by atomic mass is 10.2. The maximum atomic E-state index is 12.5. The quantitative estimate of drug-likeness (QED) is 0.879. The number of nitrogens with one attached hydrogen (secondary N) is 1. The molecule has 2 rings (SSSR count). The molecule has 2 aromatic rings. The number of ether oxygens (including phenoxy) is 2. The van der Waals surface area contributed by atoms with Crippen molar-refractivity contribution in [3.8, 4) is 11.5 Å². The van der Waals surface area contributed by atoms with Crippen LogP contribution in [0.5, 0.6) is 11.5 Å². The Labute approximate surface area is 130 Å². The van der Waals surface area contributed by atoms with Gasteiger partial charge in [-0.15, -0.1) is 0 Å². The molecule has 0 unspecified atom stereocenters. The Kier molecular flexibility index (Phi) is 4.99. The van der Waals surface area contributed by atoms with E-state index in [1.165, 1.54) is 20.3 Å². The van der Waals surface area contributed by atoms with Crippen LogP contribution in [-0.4, -0.2) is 27.6 Å². The normalized spacial score (nSPS) is 11.2. The average Bonchev–Trinajstić information content (AvgIpc) is 2.53. The van der Waals surface area contributed by atoms with Crippen LogP contribution in [0.25, 0.3) is 0 Å². The summed E-state index contributed by atoms with van der Waals surface area (Å²) in [5, 5.41) is 0. The second kappa shape index (κ2) is 6.76. The highest BCUT2D eigenvalue weighted by Crippen LogP contribution is 2.33. The molecule has 0 amide bonds. The fraction of sp³-hybridized carbons (Fsp3) is 0.267. The lowest BCUT2D eigenvalue weighted by Gasteiger charge is -2.15. The third kappa shape index (κ3) is 3.37. The molecule has 6 nitrogen and oxygen atoms in total. The standard InChI is InChI=1S/C15H18N2O4S/c1-11-13(20-2)4-5-14(15(11)21-3)22(18,19)17-10-12-6-8-16-9-7-12/h4-9,17H,10H2,1-3H3. The van der Waals surface area contributed by atoms with Crippen molar-refractivity contribution in [3.05, 3.63) is 47.8 Å². The number of hydrogen-bond donors (Lipinski definition) is 1. The molecule has 1 heterocycles. The third-order valence-electron chi connectivity index (χ3n) is 3.25. The Morgan fingerprint density at radius 3 is 2.36 bits per heavy atom. The summed E-state index contributed by atoms with van der Waals surface area (Å²) in [6.45, 7) is 1.93. The van der Waals surface area contributed by atoms with E-state index in [2.05, 4.69) is 9.71 Å². The maximum absolute atomic E-state index is 12.5. The van der Waals surface area contributed by atoms with E-state index in [4.69, 9.17) is 9.47 Å². The number of hydrogen-bond acceptors (Lipinski definition) is 5. The van der Waals surface area contributed by atoms with E-state index in [9.17, 15) is 8.42 Å². The molecule has 1 aromatic carbocycles. The minimum atomic E-state index is -3.70. The van der Waals surface area contributed by atoms with Gasteiger partial charge in [-0.1, -0.05) is 0 Å². The van der Waals surface area contributed by atoms with E-state index in [0.29, 0.717) is 11.3 Å².